The van der Waals surface area contributed by atoms with Crippen molar-refractivity contribution < 1.29 is 4.79 Å². The number of aryl methyl sites for hydroxylation is 2. The van der Waals surface area contributed by atoms with E-state index in [0.717, 1.165) is 0 Å². The number of benzene rings is 3. The van der Waals surface area contributed by atoms with Gasteiger partial charge in [0.25, 0.3) is 0 Å². The third-order valence-corrected chi connectivity index (χ3v) is 7.36. The molecule has 0 amide bonds. The minimum atomic E-state index is -0.151. The van der Waals surface area contributed by atoms with Crippen LogP contribution in [0.1, 0.15) is 41.3 Å². The molecule has 0 saturated carbocycles. The zero-order chi connectivity index (χ0) is 22.0. The molecule has 0 radical (unpaired) electrons. The molecule has 0 spiro atoms. The van der Waals surface area contributed by atoms with Crippen LogP contribution in [-0.4, -0.2) is 14.9 Å². The van der Waals surface area contributed by atoms with E-state index in [9.17, 15) is 4.79 Å². The average Bonchev–Trinajstić information content (AvgIpc) is 3.43. The van der Waals surface area contributed by atoms with Gasteiger partial charge in [-0.15, -0.1) is 0 Å². The maximum absolute atomic E-state index is 13.4. The minimum Gasteiger partial charge on any atom is -0.350 e. The highest BCUT2D eigenvalue weighted by Gasteiger charge is 2.47. The van der Waals surface area contributed by atoms with E-state index in [-0.39, 0.29) is 23.7 Å². The average molecular weight is 419 g/mol. The summed E-state index contributed by atoms with van der Waals surface area (Å²) in [6.45, 7) is 3.98. The monoisotopic (exact) mass is 418 g/mol. The Kier molecular flexibility index (Phi) is 4.16. The molecule has 1 aliphatic rings. The summed E-state index contributed by atoms with van der Waals surface area (Å²) in [6.07, 6.45) is 2.23. The van der Waals surface area contributed by atoms with E-state index in [1.165, 1.54) is 44.2 Å². The molecule has 3 nitrogen and oxygen atoms in total. The van der Waals surface area contributed by atoms with Gasteiger partial charge >= 0.3 is 0 Å². The molecule has 158 valence electrons. The van der Waals surface area contributed by atoms with E-state index in [0.29, 0.717) is 0 Å². The lowest BCUT2D eigenvalue weighted by Gasteiger charge is -2.24. The van der Waals surface area contributed by atoms with E-state index in [2.05, 4.69) is 102 Å². The molecule has 3 heteroatoms. The van der Waals surface area contributed by atoms with Crippen LogP contribution in [0.5, 0.6) is 0 Å². The van der Waals surface area contributed by atoms with Crippen LogP contribution in [0, 0.1) is 12.8 Å². The fourth-order valence-electron chi connectivity index (χ4n) is 6.07. The van der Waals surface area contributed by atoms with Gasteiger partial charge in [-0.3, -0.25) is 4.79 Å². The second kappa shape index (κ2) is 6.96. The van der Waals surface area contributed by atoms with Gasteiger partial charge in [0.15, 0.2) is 0 Å². The Morgan fingerprint density at radius 3 is 2.16 bits per heavy atom. The fourth-order valence-corrected chi connectivity index (χ4v) is 6.07. The summed E-state index contributed by atoms with van der Waals surface area (Å²) in [4.78, 5) is 13.4. The summed E-state index contributed by atoms with van der Waals surface area (Å²) < 4.78 is 4.66. The maximum Gasteiger partial charge on any atom is 0.136 e. The lowest BCUT2D eigenvalue weighted by molar-refractivity contribution is -0.121. The van der Waals surface area contributed by atoms with E-state index in [1.54, 1.807) is 6.92 Å². The molecule has 0 bridgehead atoms. The first-order chi connectivity index (χ1) is 15.6. The summed E-state index contributed by atoms with van der Waals surface area (Å²) in [6, 6.07) is 27.7. The fraction of sp³-hybridized carbons (Fsp3) is 0.207. The number of hydrogen-bond acceptors (Lipinski definition) is 1. The summed E-state index contributed by atoms with van der Waals surface area (Å²) in [5.74, 6) is 0.121. The highest BCUT2D eigenvalue weighted by Crippen LogP contribution is 2.53. The van der Waals surface area contributed by atoms with Crippen molar-refractivity contribution in [2.75, 3.05) is 0 Å². The van der Waals surface area contributed by atoms with Gasteiger partial charge in [0, 0.05) is 52.2 Å². The zero-order valence-corrected chi connectivity index (χ0v) is 18.6. The first-order valence-corrected chi connectivity index (χ1v) is 11.3. The standard InChI is InChI=1S/C29H26N2O/c1-18-21-13-7-10-16-25(21)31-28(18)27(20-11-5-4-6-12-20)26(19(2)32)29(31)23-17-30(3)24-15-9-8-14-22(23)24/h4-17,26-27,29H,1-3H3/t26-,27-,29-/m1/s1. The molecule has 3 atom stereocenters. The van der Waals surface area contributed by atoms with Crippen molar-refractivity contribution >= 4 is 27.6 Å². The molecule has 6 rings (SSSR count). The van der Waals surface area contributed by atoms with Crippen LogP contribution in [0.15, 0.2) is 85.1 Å². The van der Waals surface area contributed by atoms with Crippen molar-refractivity contribution in [3.63, 3.8) is 0 Å². The third kappa shape index (κ3) is 2.51. The predicted octanol–water partition coefficient (Wildman–Crippen LogP) is 6.38. The summed E-state index contributed by atoms with van der Waals surface area (Å²) in [5.41, 5.74) is 7.40. The number of hydrogen-bond donors (Lipinski definition) is 0. The number of fused-ring (bicyclic) bond motifs is 4. The SMILES string of the molecule is CC(=O)[C@@H]1[C@@H](c2ccccc2)c2c(C)c3ccccc3n2[C@@H]1c1cn(C)c2ccccc12. The zero-order valence-electron chi connectivity index (χ0n) is 18.6. The van der Waals surface area contributed by atoms with Gasteiger partial charge in [-0.1, -0.05) is 66.7 Å². The van der Waals surface area contributed by atoms with Crippen molar-refractivity contribution in [2.24, 2.45) is 13.0 Å². The molecule has 0 fully saturated rings. The highest BCUT2D eigenvalue weighted by molar-refractivity contribution is 5.92. The Bertz CT molecular complexity index is 1490. The first kappa shape index (κ1) is 19.1. The van der Waals surface area contributed by atoms with Gasteiger partial charge in [-0.25, -0.2) is 0 Å². The number of nitrogens with zero attached hydrogens (tertiary/aromatic N) is 2. The summed E-state index contributed by atoms with van der Waals surface area (Å²) in [7, 11) is 2.10. The quantitative estimate of drug-likeness (QED) is 0.334. The van der Waals surface area contributed by atoms with Crippen molar-refractivity contribution in [3.05, 3.63) is 107 Å². The lowest BCUT2D eigenvalue weighted by Crippen LogP contribution is -2.24. The Labute approximate surface area is 187 Å². The summed E-state index contributed by atoms with van der Waals surface area (Å²) >= 11 is 0. The molecule has 2 aromatic heterocycles. The number of aromatic nitrogens is 2. The molecule has 32 heavy (non-hydrogen) atoms. The Morgan fingerprint density at radius 2 is 1.44 bits per heavy atom. The maximum atomic E-state index is 13.4. The van der Waals surface area contributed by atoms with Crippen molar-refractivity contribution in [1.29, 1.82) is 0 Å². The first-order valence-electron chi connectivity index (χ1n) is 11.3. The topological polar surface area (TPSA) is 26.9 Å². The van der Waals surface area contributed by atoms with Crippen LogP contribution in [0.3, 0.4) is 0 Å². The second-order valence-electron chi connectivity index (χ2n) is 9.08. The number of rotatable bonds is 3. The Morgan fingerprint density at radius 1 is 0.812 bits per heavy atom. The van der Waals surface area contributed by atoms with E-state index in [1.807, 2.05) is 6.07 Å². The minimum absolute atomic E-state index is 0.0325. The number of para-hydroxylation sites is 2. The predicted molar refractivity (Wildman–Crippen MR) is 130 cm³/mol. The Hall–Kier alpha value is -3.59. The van der Waals surface area contributed by atoms with Crippen molar-refractivity contribution in [3.8, 4) is 0 Å². The van der Waals surface area contributed by atoms with Crippen LogP contribution >= 0.6 is 0 Å². The van der Waals surface area contributed by atoms with Crippen LogP contribution in [0.25, 0.3) is 21.8 Å². The smallest absolute Gasteiger partial charge is 0.136 e. The molecule has 0 N–H and O–H groups in total. The molecule has 0 unspecified atom stereocenters. The van der Waals surface area contributed by atoms with E-state index >= 15 is 0 Å². The second-order valence-corrected chi connectivity index (χ2v) is 9.08. The van der Waals surface area contributed by atoms with Crippen LogP contribution in [-0.2, 0) is 11.8 Å². The van der Waals surface area contributed by atoms with Crippen molar-refractivity contribution in [1.82, 2.24) is 9.13 Å². The van der Waals surface area contributed by atoms with Gasteiger partial charge in [0.1, 0.15) is 5.78 Å². The molecular formula is C29H26N2O. The van der Waals surface area contributed by atoms with Gasteiger partial charge < -0.3 is 9.13 Å². The van der Waals surface area contributed by atoms with Gasteiger partial charge in [-0.05, 0) is 37.1 Å². The molecule has 5 aromatic rings. The van der Waals surface area contributed by atoms with Crippen LogP contribution in [0.4, 0.5) is 0 Å². The number of carbonyl (C=O) groups excluding carboxylic acids is 1. The van der Waals surface area contributed by atoms with Crippen LogP contribution < -0.4 is 0 Å². The van der Waals surface area contributed by atoms with Crippen molar-refractivity contribution in [2.45, 2.75) is 25.8 Å². The molecule has 0 saturated heterocycles. The van der Waals surface area contributed by atoms with Crippen LogP contribution in [0.2, 0.25) is 0 Å². The third-order valence-electron chi connectivity index (χ3n) is 7.36. The largest absolute Gasteiger partial charge is 0.350 e. The van der Waals surface area contributed by atoms with Gasteiger partial charge in [-0.2, -0.15) is 0 Å². The van der Waals surface area contributed by atoms with E-state index < -0.39 is 0 Å². The molecular weight excluding hydrogens is 392 g/mol. The molecule has 3 aromatic carbocycles. The number of carbonyl (C=O) groups is 1. The number of ketones is 1. The molecule has 3 heterocycles. The summed E-state index contributed by atoms with van der Waals surface area (Å²) in [5, 5.41) is 2.50. The Balaban J connectivity index is 1.73. The lowest BCUT2D eigenvalue weighted by atomic mass is 9.77. The molecule has 0 aliphatic carbocycles. The highest BCUT2D eigenvalue weighted by atomic mass is 16.1. The van der Waals surface area contributed by atoms with Gasteiger partial charge in [0.05, 0.1) is 12.0 Å². The molecule has 1 aliphatic heterocycles. The van der Waals surface area contributed by atoms with Gasteiger partial charge in [0.2, 0.25) is 0 Å². The van der Waals surface area contributed by atoms with E-state index in [4.69, 9.17) is 0 Å². The normalized spacial score (nSPS) is 20.2. The number of Topliss-reactive ketones (excluding diaryl/α,β-unsaturated/α-hetero) is 1.